The summed E-state index contributed by atoms with van der Waals surface area (Å²) in [6.45, 7) is 4.56. The summed E-state index contributed by atoms with van der Waals surface area (Å²) in [5.74, 6) is 0.934. The van der Waals surface area contributed by atoms with Gasteiger partial charge in [-0.3, -0.25) is 0 Å². The molecule has 0 fully saturated rings. The molecule has 1 aliphatic rings. The molecular formula is C13H24. The van der Waals surface area contributed by atoms with Crippen LogP contribution in [0.1, 0.15) is 65.2 Å². The highest BCUT2D eigenvalue weighted by atomic mass is 14.3. The van der Waals surface area contributed by atoms with Crippen molar-refractivity contribution in [3.05, 3.63) is 11.6 Å². The first kappa shape index (κ1) is 10.8. The minimum absolute atomic E-state index is 0.934. The Bertz CT molecular complexity index is 155. The van der Waals surface area contributed by atoms with Gasteiger partial charge in [0.15, 0.2) is 0 Å². The molecule has 76 valence electrons. The van der Waals surface area contributed by atoms with Crippen molar-refractivity contribution in [2.24, 2.45) is 5.92 Å². The lowest BCUT2D eigenvalue weighted by atomic mass is 10.1. The highest BCUT2D eigenvalue weighted by Gasteiger charge is 2.22. The zero-order chi connectivity index (χ0) is 9.52. The van der Waals surface area contributed by atoms with Crippen LogP contribution in [0.2, 0.25) is 0 Å². The maximum atomic E-state index is 2.49. The second kappa shape index (κ2) is 6.23. The average Bonchev–Trinajstić information content (AvgIpc) is 2.85. The standard InChI is InChI=1S/C13H24/c1-3-5-7-9-12-11-13(12)10-8-6-4-2/h11-12H,3-10H2,1-2H3. The summed E-state index contributed by atoms with van der Waals surface area (Å²) >= 11 is 0. The Kier molecular flexibility index (Phi) is 5.19. The van der Waals surface area contributed by atoms with Crippen molar-refractivity contribution in [3.63, 3.8) is 0 Å². The van der Waals surface area contributed by atoms with E-state index in [1.165, 1.54) is 51.4 Å². The molecule has 0 spiro atoms. The Morgan fingerprint density at radius 2 is 1.69 bits per heavy atom. The molecule has 0 aromatic heterocycles. The lowest BCUT2D eigenvalue weighted by molar-refractivity contribution is 0.619. The third-order valence-electron chi connectivity index (χ3n) is 2.97. The van der Waals surface area contributed by atoms with Crippen LogP contribution in [0.4, 0.5) is 0 Å². The zero-order valence-electron chi connectivity index (χ0n) is 9.31. The first-order valence-electron chi connectivity index (χ1n) is 6.09. The van der Waals surface area contributed by atoms with E-state index >= 15 is 0 Å². The van der Waals surface area contributed by atoms with Crippen molar-refractivity contribution in [3.8, 4) is 0 Å². The van der Waals surface area contributed by atoms with Crippen LogP contribution in [-0.2, 0) is 0 Å². The zero-order valence-corrected chi connectivity index (χ0v) is 9.31. The molecular weight excluding hydrogens is 156 g/mol. The van der Waals surface area contributed by atoms with Gasteiger partial charge in [0.25, 0.3) is 0 Å². The van der Waals surface area contributed by atoms with Crippen molar-refractivity contribution in [2.75, 3.05) is 0 Å². The van der Waals surface area contributed by atoms with Crippen LogP contribution in [0, 0.1) is 5.92 Å². The summed E-state index contributed by atoms with van der Waals surface area (Å²) in [5, 5.41) is 0. The Balaban J connectivity index is 1.87. The minimum atomic E-state index is 0.934. The maximum absolute atomic E-state index is 2.49. The molecule has 0 N–H and O–H groups in total. The van der Waals surface area contributed by atoms with E-state index in [4.69, 9.17) is 0 Å². The monoisotopic (exact) mass is 180 g/mol. The molecule has 1 rings (SSSR count). The third kappa shape index (κ3) is 4.50. The van der Waals surface area contributed by atoms with Gasteiger partial charge in [0.05, 0.1) is 0 Å². The van der Waals surface area contributed by atoms with Gasteiger partial charge in [-0.25, -0.2) is 0 Å². The Morgan fingerprint density at radius 1 is 1.00 bits per heavy atom. The predicted octanol–water partition coefficient (Wildman–Crippen LogP) is 4.70. The predicted molar refractivity (Wildman–Crippen MR) is 59.9 cm³/mol. The van der Waals surface area contributed by atoms with Crippen LogP contribution in [0.25, 0.3) is 0 Å². The molecule has 1 aliphatic carbocycles. The molecule has 0 nitrogen and oxygen atoms in total. The molecule has 0 saturated heterocycles. The van der Waals surface area contributed by atoms with Crippen LogP contribution >= 0.6 is 0 Å². The minimum Gasteiger partial charge on any atom is -0.0775 e. The van der Waals surface area contributed by atoms with E-state index in [0.29, 0.717) is 0 Å². The number of hydrogen-bond donors (Lipinski definition) is 0. The average molecular weight is 180 g/mol. The smallest absolute Gasteiger partial charge is 0.00202 e. The largest absolute Gasteiger partial charge is 0.0775 e. The quantitative estimate of drug-likeness (QED) is 0.375. The number of rotatable bonds is 8. The molecule has 13 heavy (non-hydrogen) atoms. The molecule has 0 heterocycles. The van der Waals surface area contributed by atoms with Crippen LogP contribution in [0.3, 0.4) is 0 Å². The normalized spacial score (nSPS) is 20.2. The van der Waals surface area contributed by atoms with Gasteiger partial charge in [-0.05, 0) is 25.2 Å². The van der Waals surface area contributed by atoms with Gasteiger partial charge >= 0.3 is 0 Å². The third-order valence-corrected chi connectivity index (χ3v) is 2.97. The van der Waals surface area contributed by atoms with E-state index in [1.807, 2.05) is 0 Å². The van der Waals surface area contributed by atoms with Gasteiger partial charge in [0.1, 0.15) is 0 Å². The highest BCUT2D eigenvalue weighted by molar-refractivity contribution is 5.28. The molecule has 0 aliphatic heterocycles. The van der Waals surface area contributed by atoms with Crippen molar-refractivity contribution in [1.29, 1.82) is 0 Å². The summed E-state index contributed by atoms with van der Waals surface area (Å²) in [5.41, 5.74) is 1.77. The number of allylic oxidation sites excluding steroid dienone is 2. The van der Waals surface area contributed by atoms with Gasteiger partial charge < -0.3 is 0 Å². The fourth-order valence-corrected chi connectivity index (χ4v) is 1.94. The van der Waals surface area contributed by atoms with Crippen LogP contribution in [0.5, 0.6) is 0 Å². The first-order valence-corrected chi connectivity index (χ1v) is 6.09. The fraction of sp³-hybridized carbons (Fsp3) is 0.846. The summed E-state index contributed by atoms with van der Waals surface area (Å²) in [7, 11) is 0. The van der Waals surface area contributed by atoms with Gasteiger partial charge in [0.2, 0.25) is 0 Å². The van der Waals surface area contributed by atoms with Gasteiger partial charge in [-0.1, -0.05) is 57.6 Å². The second-order valence-corrected chi connectivity index (χ2v) is 4.30. The number of hydrogen-bond acceptors (Lipinski definition) is 0. The molecule has 0 amide bonds. The summed E-state index contributed by atoms with van der Waals surface area (Å²) in [6.07, 6.45) is 13.7. The summed E-state index contributed by atoms with van der Waals surface area (Å²) < 4.78 is 0. The van der Waals surface area contributed by atoms with E-state index in [2.05, 4.69) is 19.9 Å². The van der Waals surface area contributed by atoms with E-state index in [9.17, 15) is 0 Å². The van der Waals surface area contributed by atoms with E-state index < -0.39 is 0 Å². The van der Waals surface area contributed by atoms with Gasteiger partial charge in [0, 0.05) is 0 Å². The fourth-order valence-electron chi connectivity index (χ4n) is 1.94. The van der Waals surface area contributed by atoms with Crippen molar-refractivity contribution >= 4 is 0 Å². The molecule has 0 aromatic rings. The van der Waals surface area contributed by atoms with E-state index in [1.54, 1.807) is 5.57 Å². The van der Waals surface area contributed by atoms with Crippen molar-refractivity contribution < 1.29 is 0 Å². The lowest BCUT2D eigenvalue weighted by Gasteiger charge is -1.99. The SMILES string of the molecule is CCCCCC1=CC1CCCCC. The topological polar surface area (TPSA) is 0 Å². The molecule has 0 radical (unpaired) electrons. The highest BCUT2D eigenvalue weighted by Crippen LogP contribution is 2.37. The molecule has 1 atom stereocenters. The maximum Gasteiger partial charge on any atom is -0.00202 e. The Hall–Kier alpha value is -0.260. The number of unbranched alkanes of at least 4 members (excludes halogenated alkanes) is 4. The van der Waals surface area contributed by atoms with Crippen molar-refractivity contribution in [1.82, 2.24) is 0 Å². The van der Waals surface area contributed by atoms with Gasteiger partial charge in [-0.2, -0.15) is 0 Å². The van der Waals surface area contributed by atoms with Crippen molar-refractivity contribution in [2.45, 2.75) is 65.2 Å². The van der Waals surface area contributed by atoms with Crippen LogP contribution in [-0.4, -0.2) is 0 Å². The molecule has 0 heteroatoms. The summed E-state index contributed by atoms with van der Waals surface area (Å²) in [6, 6.07) is 0. The van der Waals surface area contributed by atoms with Crippen LogP contribution in [0.15, 0.2) is 11.6 Å². The molecule has 0 saturated carbocycles. The second-order valence-electron chi connectivity index (χ2n) is 4.30. The lowest BCUT2D eigenvalue weighted by Crippen LogP contribution is -1.84. The van der Waals surface area contributed by atoms with Gasteiger partial charge in [-0.15, -0.1) is 0 Å². The van der Waals surface area contributed by atoms with E-state index in [-0.39, 0.29) is 0 Å². The summed E-state index contributed by atoms with van der Waals surface area (Å²) in [4.78, 5) is 0. The first-order chi connectivity index (χ1) is 6.38. The molecule has 1 unspecified atom stereocenters. The molecule has 0 bridgehead atoms. The van der Waals surface area contributed by atoms with Crippen LogP contribution < -0.4 is 0 Å². The Labute approximate surface area is 83.4 Å². The van der Waals surface area contributed by atoms with E-state index in [0.717, 1.165) is 5.92 Å². The Morgan fingerprint density at radius 3 is 2.38 bits per heavy atom. The molecule has 0 aromatic carbocycles.